The summed E-state index contributed by atoms with van der Waals surface area (Å²) in [6.07, 6.45) is 0. The highest BCUT2D eigenvalue weighted by molar-refractivity contribution is 7.22. The van der Waals surface area contributed by atoms with Crippen LogP contribution in [0.15, 0.2) is 0 Å². The number of rotatable bonds is 3. The molecule has 2 N–H and O–H groups in total. The third-order valence-electron chi connectivity index (χ3n) is 2.28. The average Bonchev–Trinajstić information content (AvgIpc) is 2.70. The molecule has 1 aromatic carbocycles. The second-order valence-electron chi connectivity index (χ2n) is 3.14. The molecule has 0 atom stereocenters. The summed E-state index contributed by atoms with van der Waals surface area (Å²) in [5.74, 6) is 1.30. The average molecular weight is 275 g/mol. The first kappa shape index (κ1) is 12.1. The lowest BCUT2D eigenvalue weighted by molar-refractivity contribution is 0.327. The summed E-state index contributed by atoms with van der Waals surface area (Å²) in [4.78, 5) is 4.18. The van der Waals surface area contributed by atoms with Gasteiger partial charge in [-0.25, -0.2) is 4.98 Å². The minimum atomic E-state index is 0.413. The molecule has 0 amide bonds. The van der Waals surface area contributed by atoms with Crippen molar-refractivity contribution in [2.24, 2.45) is 0 Å². The molecule has 2 rings (SSSR count). The lowest BCUT2D eigenvalue weighted by Gasteiger charge is -2.13. The molecule has 0 unspecified atom stereocenters. The zero-order valence-corrected chi connectivity index (χ0v) is 11.1. The molecule has 0 aliphatic rings. The van der Waals surface area contributed by atoms with Gasteiger partial charge in [0.25, 0.3) is 0 Å². The van der Waals surface area contributed by atoms with Gasteiger partial charge in [0.05, 0.1) is 26.0 Å². The van der Waals surface area contributed by atoms with E-state index >= 15 is 0 Å². The van der Waals surface area contributed by atoms with Crippen molar-refractivity contribution in [2.75, 3.05) is 27.1 Å². The van der Waals surface area contributed by atoms with Crippen LogP contribution >= 0.6 is 22.9 Å². The van der Waals surface area contributed by atoms with Gasteiger partial charge in [-0.1, -0.05) is 22.9 Å². The summed E-state index contributed by atoms with van der Waals surface area (Å²) in [5, 5.41) is 0.838. The number of benzene rings is 1. The third-order valence-corrected chi connectivity index (χ3v) is 3.66. The fourth-order valence-corrected chi connectivity index (χ4v) is 2.74. The van der Waals surface area contributed by atoms with E-state index in [1.807, 2.05) is 0 Å². The number of thiazole rings is 1. The fourth-order valence-electron chi connectivity index (χ4n) is 1.61. The number of methoxy groups -OCH3 is 3. The summed E-state index contributed by atoms with van der Waals surface area (Å²) in [6, 6.07) is 0. The number of ether oxygens (including phenoxy) is 3. The number of fused-ring (bicyclic) bond motifs is 1. The van der Waals surface area contributed by atoms with Crippen LogP contribution in [-0.4, -0.2) is 26.3 Å². The van der Waals surface area contributed by atoms with Crippen LogP contribution < -0.4 is 19.9 Å². The third kappa shape index (κ3) is 1.73. The smallest absolute Gasteiger partial charge is 0.207 e. The number of aromatic nitrogens is 1. The van der Waals surface area contributed by atoms with E-state index in [0.29, 0.717) is 32.9 Å². The van der Waals surface area contributed by atoms with Gasteiger partial charge in [0.2, 0.25) is 5.75 Å². The molecule has 1 heterocycles. The first-order chi connectivity index (χ1) is 8.13. The van der Waals surface area contributed by atoms with E-state index in [2.05, 4.69) is 4.98 Å². The molecule has 0 spiro atoms. The van der Waals surface area contributed by atoms with Crippen LogP contribution in [0, 0.1) is 0 Å². The molecule has 0 bridgehead atoms. The Morgan fingerprint density at radius 3 is 2.18 bits per heavy atom. The summed E-state index contributed by atoms with van der Waals surface area (Å²) in [5.41, 5.74) is 6.26. The monoisotopic (exact) mass is 274 g/mol. The molecule has 0 saturated carbocycles. The largest absolute Gasteiger partial charge is 0.491 e. The molecule has 1 aromatic heterocycles. The van der Waals surface area contributed by atoms with Gasteiger partial charge in [0.15, 0.2) is 16.6 Å². The molecular formula is C10H11ClN2O3S. The zero-order valence-electron chi connectivity index (χ0n) is 9.54. The van der Waals surface area contributed by atoms with Crippen LogP contribution in [-0.2, 0) is 0 Å². The van der Waals surface area contributed by atoms with Gasteiger partial charge in [-0.3, -0.25) is 0 Å². The number of nitrogen functional groups attached to an aromatic ring is 1. The van der Waals surface area contributed by atoms with Crippen LogP contribution in [0.5, 0.6) is 17.2 Å². The summed E-state index contributed by atoms with van der Waals surface area (Å²) >= 11 is 7.50. The fraction of sp³-hybridized carbons (Fsp3) is 0.300. The zero-order chi connectivity index (χ0) is 12.6. The number of nitrogens with two attached hydrogens (primary N) is 1. The maximum atomic E-state index is 6.22. The van der Waals surface area contributed by atoms with Crippen molar-refractivity contribution in [3.63, 3.8) is 0 Å². The lowest BCUT2D eigenvalue weighted by Crippen LogP contribution is -1.96. The van der Waals surface area contributed by atoms with Crippen molar-refractivity contribution in [3.8, 4) is 17.2 Å². The second-order valence-corrected chi connectivity index (χ2v) is 4.55. The summed E-state index contributed by atoms with van der Waals surface area (Å²) in [7, 11) is 4.55. The molecule has 17 heavy (non-hydrogen) atoms. The van der Waals surface area contributed by atoms with Gasteiger partial charge < -0.3 is 19.9 Å². The van der Waals surface area contributed by atoms with Gasteiger partial charge in [-0.05, 0) is 0 Å². The van der Waals surface area contributed by atoms with E-state index < -0.39 is 0 Å². The molecule has 5 nitrogen and oxygen atoms in total. The first-order valence-corrected chi connectivity index (χ1v) is 5.86. The van der Waals surface area contributed by atoms with Gasteiger partial charge in [-0.15, -0.1) is 0 Å². The summed E-state index contributed by atoms with van der Waals surface area (Å²) < 4.78 is 16.5. The van der Waals surface area contributed by atoms with Crippen molar-refractivity contribution in [3.05, 3.63) is 5.02 Å². The van der Waals surface area contributed by atoms with Crippen molar-refractivity contribution in [1.82, 2.24) is 4.98 Å². The van der Waals surface area contributed by atoms with Crippen molar-refractivity contribution >= 4 is 38.3 Å². The van der Waals surface area contributed by atoms with Crippen molar-refractivity contribution in [2.45, 2.75) is 0 Å². The number of hydrogen-bond acceptors (Lipinski definition) is 6. The molecule has 0 saturated heterocycles. The van der Waals surface area contributed by atoms with E-state index in [0.717, 1.165) is 4.70 Å². The Morgan fingerprint density at radius 2 is 1.65 bits per heavy atom. The number of anilines is 1. The Hall–Kier alpha value is -1.40. The van der Waals surface area contributed by atoms with Gasteiger partial charge >= 0.3 is 0 Å². The van der Waals surface area contributed by atoms with Crippen LogP contribution in [0.2, 0.25) is 5.02 Å². The van der Waals surface area contributed by atoms with E-state index in [4.69, 9.17) is 31.5 Å². The van der Waals surface area contributed by atoms with Crippen molar-refractivity contribution in [1.29, 1.82) is 0 Å². The molecule has 7 heteroatoms. The normalized spacial score (nSPS) is 10.6. The topological polar surface area (TPSA) is 66.6 Å². The molecule has 0 fully saturated rings. The van der Waals surface area contributed by atoms with Crippen LogP contribution in [0.3, 0.4) is 0 Å². The Kier molecular flexibility index (Phi) is 3.17. The van der Waals surface area contributed by atoms with E-state index in [-0.39, 0.29) is 0 Å². The van der Waals surface area contributed by atoms with Gasteiger partial charge in [0.1, 0.15) is 10.5 Å². The predicted molar refractivity (Wildman–Crippen MR) is 68.7 cm³/mol. The van der Waals surface area contributed by atoms with Crippen LogP contribution in [0.25, 0.3) is 10.2 Å². The molecule has 0 aliphatic carbocycles. The molecule has 2 aromatic rings. The molecule has 0 aliphatic heterocycles. The molecular weight excluding hydrogens is 264 g/mol. The maximum Gasteiger partial charge on any atom is 0.207 e. The van der Waals surface area contributed by atoms with Gasteiger partial charge in [0, 0.05) is 0 Å². The molecule has 92 valence electrons. The Morgan fingerprint density at radius 1 is 1.06 bits per heavy atom. The second kappa shape index (κ2) is 4.46. The highest BCUT2D eigenvalue weighted by atomic mass is 35.5. The van der Waals surface area contributed by atoms with Crippen LogP contribution in [0.4, 0.5) is 5.13 Å². The van der Waals surface area contributed by atoms with Crippen molar-refractivity contribution < 1.29 is 14.2 Å². The number of halogens is 1. The standard InChI is InChI=1S/C10H11ClN2O3S/c1-14-6-4(11)9-5(13-10(12)17-9)7(15-2)8(6)16-3/h1-3H3,(H2,12,13). The Balaban J connectivity index is 2.92. The quantitative estimate of drug-likeness (QED) is 0.932. The number of nitrogens with zero attached hydrogens (tertiary/aromatic N) is 1. The predicted octanol–water partition coefficient (Wildman–Crippen LogP) is 2.56. The Bertz CT molecular complexity index is 570. The van der Waals surface area contributed by atoms with Crippen LogP contribution in [0.1, 0.15) is 0 Å². The Labute approximate surface area is 107 Å². The SMILES string of the molecule is COc1c(OC)c(Cl)c2sc(N)nc2c1OC. The highest BCUT2D eigenvalue weighted by Gasteiger charge is 2.23. The van der Waals surface area contributed by atoms with E-state index in [9.17, 15) is 0 Å². The van der Waals surface area contributed by atoms with Gasteiger partial charge in [-0.2, -0.15) is 0 Å². The van der Waals surface area contributed by atoms with E-state index in [1.165, 1.54) is 32.7 Å². The van der Waals surface area contributed by atoms with E-state index in [1.54, 1.807) is 0 Å². The lowest BCUT2D eigenvalue weighted by atomic mass is 10.2. The minimum absolute atomic E-state index is 0.413. The highest BCUT2D eigenvalue weighted by Crippen LogP contribution is 2.50. The molecule has 0 radical (unpaired) electrons. The minimum Gasteiger partial charge on any atom is -0.491 e. The maximum absolute atomic E-state index is 6.22. The summed E-state index contributed by atoms with van der Waals surface area (Å²) in [6.45, 7) is 0. The first-order valence-electron chi connectivity index (χ1n) is 4.67. The number of hydrogen-bond donors (Lipinski definition) is 1.